The van der Waals surface area contributed by atoms with Gasteiger partial charge in [-0.05, 0) is 47.1 Å². The van der Waals surface area contributed by atoms with E-state index in [1.54, 1.807) is 0 Å². The number of amides is 1. The molecule has 0 N–H and O–H groups in total. The molecule has 1 unspecified atom stereocenters. The van der Waals surface area contributed by atoms with E-state index in [4.69, 9.17) is 4.74 Å². The summed E-state index contributed by atoms with van der Waals surface area (Å²) in [7, 11) is 0. The molecule has 3 nitrogen and oxygen atoms in total. The maximum atomic E-state index is 13.7. The summed E-state index contributed by atoms with van der Waals surface area (Å²) in [4.78, 5) is 15.8. The van der Waals surface area contributed by atoms with Crippen molar-refractivity contribution in [3.05, 3.63) is 95.6 Å². The Morgan fingerprint density at radius 2 is 1.60 bits per heavy atom. The summed E-state index contributed by atoms with van der Waals surface area (Å²) in [6, 6.07) is 27.4. The highest BCUT2D eigenvalue weighted by atomic mass is 16.5. The molecule has 3 aromatic carbocycles. The van der Waals surface area contributed by atoms with Crippen LogP contribution in [0.1, 0.15) is 36.0 Å². The number of benzene rings is 3. The molecule has 0 radical (unpaired) electrons. The minimum Gasteiger partial charge on any atom is -0.364 e. The summed E-state index contributed by atoms with van der Waals surface area (Å²) < 4.78 is 6.27. The van der Waals surface area contributed by atoms with Crippen molar-refractivity contribution >= 4 is 5.91 Å². The third-order valence-electron chi connectivity index (χ3n) is 7.21. The molecular formula is C27H25NO2. The van der Waals surface area contributed by atoms with Crippen LogP contribution in [0.4, 0.5) is 0 Å². The number of ether oxygens (including phenoxy) is 1. The molecule has 1 atom stereocenters. The van der Waals surface area contributed by atoms with Gasteiger partial charge in [-0.3, -0.25) is 4.79 Å². The molecule has 30 heavy (non-hydrogen) atoms. The summed E-state index contributed by atoms with van der Waals surface area (Å²) in [5.74, 6) is 0.276. The maximum Gasteiger partial charge on any atom is 0.233 e. The zero-order valence-electron chi connectivity index (χ0n) is 17.0. The van der Waals surface area contributed by atoms with Crippen LogP contribution < -0.4 is 0 Å². The van der Waals surface area contributed by atoms with Crippen LogP contribution in [0, 0.1) is 0 Å². The van der Waals surface area contributed by atoms with Crippen LogP contribution in [0.15, 0.2) is 78.9 Å². The Kier molecular flexibility index (Phi) is 3.91. The van der Waals surface area contributed by atoms with Gasteiger partial charge in [0.25, 0.3) is 0 Å². The van der Waals surface area contributed by atoms with Crippen molar-refractivity contribution in [1.82, 2.24) is 4.90 Å². The van der Waals surface area contributed by atoms with Crippen LogP contribution >= 0.6 is 0 Å². The largest absolute Gasteiger partial charge is 0.364 e. The van der Waals surface area contributed by atoms with Gasteiger partial charge in [-0.1, -0.05) is 78.9 Å². The van der Waals surface area contributed by atoms with Gasteiger partial charge in [-0.15, -0.1) is 0 Å². The molecule has 2 heterocycles. The zero-order chi connectivity index (χ0) is 20.2. The molecule has 1 saturated carbocycles. The maximum absolute atomic E-state index is 13.7. The molecule has 0 aromatic heterocycles. The Morgan fingerprint density at radius 3 is 2.43 bits per heavy atom. The normalized spacial score (nSPS) is 23.5. The fourth-order valence-corrected chi connectivity index (χ4v) is 5.36. The van der Waals surface area contributed by atoms with Crippen LogP contribution in [-0.2, 0) is 27.2 Å². The predicted octanol–water partition coefficient (Wildman–Crippen LogP) is 5.04. The van der Waals surface area contributed by atoms with Crippen molar-refractivity contribution in [2.24, 2.45) is 0 Å². The molecular weight excluding hydrogens is 370 g/mol. The van der Waals surface area contributed by atoms with Crippen LogP contribution in [0.5, 0.6) is 0 Å². The first-order valence-corrected chi connectivity index (χ1v) is 10.9. The minimum absolute atomic E-state index is 0.276. The lowest BCUT2D eigenvalue weighted by Gasteiger charge is -2.27. The van der Waals surface area contributed by atoms with Gasteiger partial charge < -0.3 is 9.64 Å². The molecule has 1 saturated heterocycles. The first-order chi connectivity index (χ1) is 14.7. The van der Waals surface area contributed by atoms with Crippen LogP contribution in [0.3, 0.4) is 0 Å². The molecule has 2 fully saturated rings. The molecule has 3 aromatic rings. The van der Waals surface area contributed by atoms with E-state index in [0.717, 1.165) is 31.4 Å². The van der Waals surface area contributed by atoms with Gasteiger partial charge in [0.1, 0.15) is 5.60 Å². The summed E-state index contributed by atoms with van der Waals surface area (Å²) in [6.07, 6.45) is 2.76. The first kappa shape index (κ1) is 17.9. The van der Waals surface area contributed by atoms with Crippen molar-refractivity contribution in [2.75, 3.05) is 13.1 Å². The molecule has 1 spiro atoms. The van der Waals surface area contributed by atoms with Gasteiger partial charge in [-0.25, -0.2) is 0 Å². The minimum atomic E-state index is -0.353. The second-order valence-electron chi connectivity index (χ2n) is 8.95. The van der Waals surface area contributed by atoms with Crippen molar-refractivity contribution in [2.45, 2.75) is 36.9 Å². The van der Waals surface area contributed by atoms with Gasteiger partial charge in [0.05, 0.1) is 18.6 Å². The Hall–Kier alpha value is -2.91. The molecule has 150 valence electrons. The number of rotatable bonds is 3. The Balaban J connectivity index is 1.28. The van der Waals surface area contributed by atoms with Gasteiger partial charge in [0, 0.05) is 6.54 Å². The van der Waals surface area contributed by atoms with Gasteiger partial charge >= 0.3 is 0 Å². The molecule has 1 aliphatic carbocycles. The average molecular weight is 396 g/mol. The average Bonchev–Trinajstić information content (AvgIpc) is 3.40. The third kappa shape index (κ3) is 2.65. The van der Waals surface area contributed by atoms with Gasteiger partial charge in [0.2, 0.25) is 5.91 Å². The number of hydrogen-bond acceptors (Lipinski definition) is 2. The monoisotopic (exact) mass is 395 g/mol. The quantitative estimate of drug-likeness (QED) is 0.622. The first-order valence-electron chi connectivity index (χ1n) is 10.9. The summed E-state index contributed by atoms with van der Waals surface area (Å²) in [5, 5.41) is 0. The molecule has 3 heteroatoms. The molecule has 6 rings (SSSR count). The van der Waals surface area contributed by atoms with E-state index in [0.29, 0.717) is 13.2 Å². The second-order valence-corrected chi connectivity index (χ2v) is 8.95. The van der Waals surface area contributed by atoms with E-state index < -0.39 is 0 Å². The standard InChI is InChI=1S/C27H25NO2/c29-25(28-16-15-27(19-28)24-12-5-4-9-22(24)18-30-27)26(13-14-26)23-11-6-10-21(17-23)20-7-2-1-3-8-20/h1-12,17H,13-16,18-19H2. The lowest BCUT2D eigenvalue weighted by atomic mass is 9.90. The van der Waals surface area contributed by atoms with E-state index in [1.807, 2.05) is 6.07 Å². The number of carbonyl (C=O) groups is 1. The van der Waals surface area contributed by atoms with E-state index in [-0.39, 0.29) is 16.9 Å². The van der Waals surface area contributed by atoms with Crippen molar-refractivity contribution in [3.8, 4) is 11.1 Å². The Bertz CT molecular complexity index is 1120. The second kappa shape index (κ2) is 6.55. The molecule has 3 aliphatic rings. The SMILES string of the molecule is O=C(N1CCC2(C1)OCc1ccccc12)C1(c2cccc(-c3ccccc3)c2)CC1. The molecule has 1 amide bonds. The topological polar surface area (TPSA) is 29.5 Å². The van der Waals surface area contributed by atoms with Crippen LogP contribution in [-0.4, -0.2) is 23.9 Å². The third-order valence-corrected chi connectivity index (χ3v) is 7.21. The highest BCUT2D eigenvalue weighted by molar-refractivity contribution is 5.92. The fraction of sp³-hybridized carbons (Fsp3) is 0.296. The van der Waals surface area contributed by atoms with E-state index in [2.05, 4.69) is 77.7 Å². The van der Waals surface area contributed by atoms with E-state index >= 15 is 0 Å². The number of fused-ring (bicyclic) bond motifs is 2. The molecule has 0 bridgehead atoms. The van der Waals surface area contributed by atoms with Crippen LogP contribution in [0.25, 0.3) is 11.1 Å². The zero-order valence-corrected chi connectivity index (χ0v) is 17.0. The number of likely N-dealkylation sites (tertiary alicyclic amines) is 1. The Morgan fingerprint density at radius 1 is 0.833 bits per heavy atom. The van der Waals surface area contributed by atoms with E-state index in [1.165, 1.54) is 22.3 Å². The fourth-order valence-electron chi connectivity index (χ4n) is 5.36. The summed E-state index contributed by atoms with van der Waals surface area (Å²) in [5.41, 5.74) is 5.40. The highest BCUT2D eigenvalue weighted by Gasteiger charge is 2.56. The van der Waals surface area contributed by atoms with Crippen LogP contribution in [0.2, 0.25) is 0 Å². The highest BCUT2D eigenvalue weighted by Crippen LogP contribution is 2.52. The van der Waals surface area contributed by atoms with Crippen molar-refractivity contribution in [3.63, 3.8) is 0 Å². The van der Waals surface area contributed by atoms with Crippen molar-refractivity contribution < 1.29 is 9.53 Å². The lowest BCUT2D eigenvalue weighted by molar-refractivity contribution is -0.134. The summed E-state index contributed by atoms with van der Waals surface area (Å²) >= 11 is 0. The van der Waals surface area contributed by atoms with Gasteiger partial charge in [0.15, 0.2) is 0 Å². The lowest BCUT2D eigenvalue weighted by Crippen LogP contribution is -2.40. The summed E-state index contributed by atoms with van der Waals surface area (Å²) in [6.45, 7) is 2.10. The van der Waals surface area contributed by atoms with Gasteiger partial charge in [-0.2, -0.15) is 0 Å². The van der Waals surface area contributed by atoms with E-state index in [9.17, 15) is 4.79 Å². The number of carbonyl (C=O) groups excluding carboxylic acids is 1. The molecule has 2 aliphatic heterocycles. The number of hydrogen-bond donors (Lipinski definition) is 0. The Labute approximate surface area is 177 Å². The smallest absolute Gasteiger partial charge is 0.233 e. The predicted molar refractivity (Wildman–Crippen MR) is 117 cm³/mol. The van der Waals surface area contributed by atoms with Crippen molar-refractivity contribution in [1.29, 1.82) is 0 Å². The number of nitrogens with zero attached hydrogens (tertiary/aromatic N) is 1.